The van der Waals surface area contributed by atoms with E-state index in [0.717, 1.165) is 18.7 Å². The van der Waals surface area contributed by atoms with E-state index in [9.17, 15) is 9.59 Å². The summed E-state index contributed by atoms with van der Waals surface area (Å²) in [5.41, 5.74) is 2.90. The number of nitrogens with zero attached hydrogens (tertiary/aromatic N) is 1. The summed E-state index contributed by atoms with van der Waals surface area (Å²) < 4.78 is 0. The van der Waals surface area contributed by atoms with Crippen LogP contribution in [0.3, 0.4) is 0 Å². The average molecular weight is 289 g/mol. The number of benzene rings is 1. The molecule has 1 aliphatic heterocycles. The summed E-state index contributed by atoms with van der Waals surface area (Å²) >= 11 is 0. The van der Waals surface area contributed by atoms with Crippen molar-refractivity contribution >= 4 is 17.5 Å². The Morgan fingerprint density at radius 2 is 2.14 bits per heavy atom. The largest absolute Gasteiger partial charge is 0.384 e. The maximum absolute atomic E-state index is 12.3. The van der Waals surface area contributed by atoms with Crippen molar-refractivity contribution in [2.24, 2.45) is 5.92 Å². The van der Waals surface area contributed by atoms with Crippen molar-refractivity contribution < 1.29 is 9.59 Å². The fraction of sp³-hybridized carbons (Fsp3) is 0.500. The summed E-state index contributed by atoms with van der Waals surface area (Å²) in [4.78, 5) is 25.6. The molecule has 0 fully saturated rings. The molecule has 114 valence electrons. The number of anilines is 1. The Hall–Kier alpha value is -2.04. The fourth-order valence-corrected chi connectivity index (χ4v) is 2.32. The molecule has 1 aromatic carbocycles. The Labute approximate surface area is 125 Å². The Morgan fingerprint density at radius 3 is 2.86 bits per heavy atom. The number of carbonyl (C=O) groups excluding carboxylic acids is 2. The quantitative estimate of drug-likeness (QED) is 0.863. The Kier molecular flexibility index (Phi) is 4.83. The van der Waals surface area contributed by atoms with E-state index in [1.165, 1.54) is 10.5 Å². The van der Waals surface area contributed by atoms with Gasteiger partial charge in [-0.1, -0.05) is 13.8 Å². The molecule has 0 bridgehead atoms. The van der Waals surface area contributed by atoms with Gasteiger partial charge in [0.25, 0.3) is 5.91 Å². The van der Waals surface area contributed by atoms with Gasteiger partial charge in [0.15, 0.2) is 0 Å². The van der Waals surface area contributed by atoms with Crippen molar-refractivity contribution in [1.29, 1.82) is 0 Å². The smallest absolute Gasteiger partial charge is 0.254 e. The molecule has 0 radical (unpaired) electrons. The van der Waals surface area contributed by atoms with E-state index in [1.807, 2.05) is 32.0 Å². The van der Waals surface area contributed by atoms with E-state index in [0.29, 0.717) is 18.0 Å². The summed E-state index contributed by atoms with van der Waals surface area (Å²) in [6.45, 7) is 5.70. The van der Waals surface area contributed by atoms with Crippen LogP contribution in [0.1, 0.15) is 29.8 Å². The van der Waals surface area contributed by atoms with Gasteiger partial charge in [-0.15, -0.1) is 0 Å². The van der Waals surface area contributed by atoms with Gasteiger partial charge in [-0.3, -0.25) is 9.59 Å². The van der Waals surface area contributed by atoms with E-state index >= 15 is 0 Å². The normalized spacial score (nSPS) is 12.8. The van der Waals surface area contributed by atoms with Crippen molar-refractivity contribution in [2.75, 3.05) is 32.0 Å². The Morgan fingerprint density at radius 1 is 1.38 bits per heavy atom. The summed E-state index contributed by atoms with van der Waals surface area (Å²) in [7, 11) is 1.66. The standard InChI is InChI=1S/C16H23N3O2/c1-11(2)9-18-15(20)10-19(3)16(21)13-4-5-14-12(8-13)6-7-17-14/h4-5,8,11,17H,6-7,9-10H2,1-3H3,(H,18,20). The highest BCUT2D eigenvalue weighted by molar-refractivity contribution is 5.97. The lowest BCUT2D eigenvalue weighted by Crippen LogP contribution is -2.39. The van der Waals surface area contributed by atoms with Crippen LogP contribution in [0.2, 0.25) is 0 Å². The third kappa shape index (κ3) is 3.97. The molecule has 0 saturated heterocycles. The molecular formula is C16H23N3O2. The van der Waals surface area contributed by atoms with E-state index in [-0.39, 0.29) is 18.4 Å². The second kappa shape index (κ2) is 6.61. The molecule has 1 aliphatic rings. The van der Waals surface area contributed by atoms with Crippen LogP contribution < -0.4 is 10.6 Å². The topological polar surface area (TPSA) is 61.4 Å². The maximum Gasteiger partial charge on any atom is 0.254 e. The lowest BCUT2D eigenvalue weighted by Gasteiger charge is -2.18. The van der Waals surface area contributed by atoms with Gasteiger partial charge in [0.2, 0.25) is 5.91 Å². The van der Waals surface area contributed by atoms with Gasteiger partial charge in [-0.25, -0.2) is 0 Å². The molecule has 0 aliphatic carbocycles. The third-order valence-corrected chi connectivity index (χ3v) is 3.50. The lowest BCUT2D eigenvalue weighted by molar-refractivity contribution is -0.121. The number of fused-ring (bicyclic) bond motifs is 1. The number of nitrogens with one attached hydrogen (secondary N) is 2. The predicted octanol–water partition coefficient (Wildman–Crippen LogP) is 1.50. The molecule has 2 amide bonds. The van der Waals surface area contributed by atoms with Crippen molar-refractivity contribution in [3.63, 3.8) is 0 Å². The van der Waals surface area contributed by atoms with Crippen LogP contribution in [0.25, 0.3) is 0 Å². The van der Waals surface area contributed by atoms with Crippen LogP contribution in [0.15, 0.2) is 18.2 Å². The molecule has 0 atom stereocenters. The zero-order valence-electron chi connectivity index (χ0n) is 12.9. The second-order valence-electron chi connectivity index (χ2n) is 5.91. The Bertz CT molecular complexity index is 540. The molecule has 0 spiro atoms. The number of carbonyl (C=O) groups is 2. The lowest BCUT2D eigenvalue weighted by atomic mass is 10.1. The molecule has 0 unspecified atom stereocenters. The zero-order chi connectivity index (χ0) is 15.4. The number of hydrogen-bond acceptors (Lipinski definition) is 3. The summed E-state index contributed by atoms with van der Waals surface area (Å²) in [5, 5.41) is 6.08. The van der Waals surface area contributed by atoms with Crippen molar-refractivity contribution in [3.8, 4) is 0 Å². The summed E-state index contributed by atoms with van der Waals surface area (Å²) in [6.07, 6.45) is 0.940. The highest BCUT2D eigenvalue weighted by Gasteiger charge is 2.18. The van der Waals surface area contributed by atoms with Crippen LogP contribution in [-0.2, 0) is 11.2 Å². The first kappa shape index (κ1) is 15.4. The molecular weight excluding hydrogens is 266 g/mol. The Balaban J connectivity index is 1.94. The molecule has 2 rings (SSSR count). The fourth-order valence-electron chi connectivity index (χ4n) is 2.32. The number of amides is 2. The van der Waals surface area contributed by atoms with Gasteiger partial charge in [-0.2, -0.15) is 0 Å². The average Bonchev–Trinajstić information content (AvgIpc) is 2.91. The molecule has 5 nitrogen and oxygen atoms in total. The van der Waals surface area contributed by atoms with Crippen molar-refractivity contribution in [2.45, 2.75) is 20.3 Å². The highest BCUT2D eigenvalue weighted by atomic mass is 16.2. The van der Waals surface area contributed by atoms with Crippen LogP contribution in [0.5, 0.6) is 0 Å². The molecule has 1 heterocycles. The first-order chi connectivity index (χ1) is 9.97. The van der Waals surface area contributed by atoms with Gasteiger partial charge in [0.05, 0.1) is 6.54 Å². The minimum absolute atomic E-state index is 0.0842. The van der Waals surface area contributed by atoms with Gasteiger partial charge < -0.3 is 15.5 Å². The van der Waals surface area contributed by atoms with Crippen LogP contribution in [0.4, 0.5) is 5.69 Å². The summed E-state index contributed by atoms with van der Waals surface area (Å²) in [6, 6.07) is 5.66. The second-order valence-corrected chi connectivity index (χ2v) is 5.91. The monoisotopic (exact) mass is 289 g/mol. The first-order valence-electron chi connectivity index (χ1n) is 7.36. The molecule has 5 heteroatoms. The van der Waals surface area contributed by atoms with Crippen LogP contribution >= 0.6 is 0 Å². The van der Waals surface area contributed by atoms with E-state index in [2.05, 4.69) is 10.6 Å². The van der Waals surface area contributed by atoms with Gasteiger partial charge in [-0.05, 0) is 36.1 Å². The number of likely N-dealkylation sites (N-methyl/N-ethyl adjacent to an activating group) is 1. The van der Waals surface area contributed by atoms with E-state index in [4.69, 9.17) is 0 Å². The third-order valence-electron chi connectivity index (χ3n) is 3.50. The van der Waals surface area contributed by atoms with Crippen molar-refractivity contribution in [1.82, 2.24) is 10.2 Å². The van der Waals surface area contributed by atoms with Crippen molar-refractivity contribution in [3.05, 3.63) is 29.3 Å². The van der Waals surface area contributed by atoms with E-state index < -0.39 is 0 Å². The molecule has 1 aromatic rings. The summed E-state index contributed by atoms with van der Waals surface area (Å²) in [5.74, 6) is 0.158. The molecule has 0 aromatic heterocycles. The number of hydrogen-bond donors (Lipinski definition) is 2. The minimum Gasteiger partial charge on any atom is -0.384 e. The zero-order valence-corrected chi connectivity index (χ0v) is 12.9. The SMILES string of the molecule is CC(C)CNC(=O)CN(C)C(=O)c1ccc2c(c1)CCN2. The van der Waals surface area contributed by atoms with E-state index in [1.54, 1.807) is 7.05 Å². The molecule has 21 heavy (non-hydrogen) atoms. The minimum atomic E-state index is -0.123. The highest BCUT2D eigenvalue weighted by Crippen LogP contribution is 2.23. The number of rotatable bonds is 5. The van der Waals surface area contributed by atoms with Gasteiger partial charge in [0, 0.05) is 31.4 Å². The first-order valence-corrected chi connectivity index (χ1v) is 7.36. The van der Waals surface area contributed by atoms with Crippen LogP contribution in [-0.4, -0.2) is 43.4 Å². The molecule has 2 N–H and O–H groups in total. The maximum atomic E-state index is 12.3. The van der Waals surface area contributed by atoms with Gasteiger partial charge in [0.1, 0.15) is 0 Å². The van der Waals surface area contributed by atoms with Crippen LogP contribution in [0, 0.1) is 5.92 Å². The molecule has 0 saturated carbocycles. The van der Waals surface area contributed by atoms with Gasteiger partial charge >= 0.3 is 0 Å². The predicted molar refractivity (Wildman–Crippen MR) is 83.4 cm³/mol.